The van der Waals surface area contributed by atoms with Crippen LogP contribution in [0.3, 0.4) is 0 Å². The van der Waals surface area contributed by atoms with Crippen molar-refractivity contribution < 1.29 is 14.3 Å². The summed E-state index contributed by atoms with van der Waals surface area (Å²) < 4.78 is 4.71. The zero-order valence-electron chi connectivity index (χ0n) is 8.00. The molecule has 0 saturated carbocycles. The van der Waals surface area contributed by atoms with Crippen LogP contribution in [0.15, 0.2) is 12.2 Å². The van der Waals surface area contributed by atoms with E-state index in [2.05, 4.69) is 5.32 Å². The minimum Gasteiger partial charge on any atom is -0.463 e. The van der Waals surface area contributed by atoms with Crippen molar-refractivity contribution in [3.8, 4) is 0 Å². The highest BCUT2D eigenvalue weighted by Crippen LogP contribution is 1.84. The molecule has 0 rings (SSSR count). The highest BCUT2D eigenvalue weighted by atomic mass is 16.5. The summed E-state index contributed by atoms with van der Waals surface area (Å²) in [6.45, 7) is 4.65. The van der Waals surface area contributed by atoms with E-state index in [-0.39, 0.29) is 5.91 Å². The first-order valence-electron chi connectivity index (χ1n) is 4.33. The van der Waals surface area contributed by atoms with Crippen molar-refractivity contribution in [2.24, 2.45) is 0 Å². The number of carbonyl (C=O) groups excluding carboxylic acids is 2. The fourth-order valence-corrected chi connectivity index (χ4v) is 0.628. The van der Waals surface area contributed by atoms with Crippen LogP contribution < -0.4 is 5.32 Å². The van der Waals surface area contributed by atoms with Crippen LogP contribution in [-0.2, 0) is 14.3 Å². The fraction of sp³-hybridized carbons (Fsp3) is 0.556. The summed E-state index contributed by atoms with van der Waals surface area (Å²) in [5, 5.41) is 2.52. The van der Waals surface area contributed by atoms with Crippen molar-refractivity contribution >= 4 is 11.9 Å². The summed E-state index contributed by atoms with van der Waals surface area (Å²) in [6, 6.07) is 0. The van der Waals surface area contributed by atoms with E-state index in [1.807, 2.05) is 6.92 Å². The molecule has 1 N–H and O–H groups in total. The lowest BCUT2D eigenvalue weighted by Crippen LogP contribution is -2.20. The summed E-state index contributed by atoms with van der Waals surface area (Å²) in [6.07, 6.45) is 3.07. The van der Waals surface area contributed by atoms with Gasteiger partial charge in [0.15, 0.2) is 0 Å². The molecule has 0 atom stereocenters. The molecule has 13 heavy (non-hydrogen) atoms. The first kappa shape index (κ1) is 11.7. The molecule has 0 aromatic rings. The molecule has 0 fully saturated rings. The third-order valence-electron chi connectivity index (χ3n) is 1.17. The first-order chi connectivity index (χ1) is 6.20. The normalized spacial score (nSPS) is 10.0. The monoisotopic (exact) mass is 185 g/mol. The van der Waals surface area contributed by atoms with Crippen molar-refractivity contribution in [2.45, 2.75) is 20.3 Å². The van der Waals surface area contributed by atoms with Gasteiger partial charge >= 0.3 is 5.97 Å². The third kappa shape index (κ3) is 7.05. The molecular formula is C9H15NO3. The Morgan fingerprint density at radius 3 is 2.54 bits per heavy atom. The second-order valence-electron chi connectivity index (χ2n) is 2.40. The van der Waals surface area contributed by atoms with Crippen LogP contribution in [0.1, 0.15) is 20.3 Å². The predicted octanol–water partition coefficient (Wildman–Crippen LogP) is 0.632. The molecule has 1 amide bonds. The van der Waals surface area contributed by atoms with Gasteiger partial charge in [0.05, 0.1) is 6.61 Å². The van der Waals surface area contributed by atoms with Crippen molar-refractivity contribution in [1.82, 2.24) is 5.32 Å². The number of ether oxygens (including phenoxy) is 1. The molecule has 74 valence electrons. The van der Waals surface area contributed by atoms with E-state index < -0.39 is 5.97 Å². The smallest absolute Gasteiger partial charge is 0.330 e. The van der Waals surface area contributed by atoms with Gasteiger partial charge in [-0.15, -0.1) is 0 Å². The Labute approximate surface area is 78.0 Å². The number of nitrogens with one attached hydrogen (secondary N) is 1. The van der Waals surface area contributed by atoms with Crippen LogP contribution in [0.5, 0.6) is 0 Å². The average Bonchev–Trinajstić information content (AvgIpc) is 2.12. The summed E-state index contributed by atoms with van der Waals surface area (Å²) >= 11 is 0. The van der Waals surface area contributed by atoms with E-state index in [4.69, 9.17) is 4.74 Å². The second kappa shape index (κ2) is 7.34. The van der Waals surface area contributed by atoms with Crippen LogP contribution in [-0.4, -0.2) is 25.0 Å². The molecule has 0 aliphatic carbocycles. The van der Waals surface area contributed by atoms with Gasteiger partial charge in [0.2, 0.25) is 5.91 Å². The maximum Gasteiger partial charge on any atom is 0.330 e. The molecule has 0 aromatic heterocycles. The lowest BCUT2D eigenvalue weighted by atomic mass is 10.4. The Morgan fingerprint density at radius 1 is 1.31 bits per heavy atom. The number of likely N-dealkylation sites (N-methyl/N-ethyl adjacent to an activating group) is 1. The summed E-state index contributed by atoms with van der Waals surface area (Å²) in [5.41, 5.74) is 0. The molecule has 0 aliphatic rings. The molecule has 0 aliphatic heterocycles. The van der Waals surface area contributed by atoms with Gasteiger partial charge in [-0.2, -0.15) is 0 Å². The maximum atomic E-state index is 10.8. The standard InChI is InChI=1S/C9H15NO3/c1-3-7-13-9(12)6-5-8(11)10-4-2/h5-6H,3-4,7H2,1-2H3,(H,10,11)/b6-5-. The maximum absolute atomic E-state index is 10.8. The number of hydrogen-bond acceptors (Lipinski definition) is 3. The minimum absolute atomic E-state index is 0.282. The van der Waals surface area contributed by atoms with Crippen LogP contribution in [0.2, 0.25) is 0 Å². The molecule has 0 aromatic carbocycles. The minimum atomic E-state index is -0.479. The Balaban J connectivity index is 3.69. The lowest BCUT2D eigenvalue weighted by molar-refractivity contribution is -0.138. The van der Waals surface area contributed by atoms with E-state index in [0.29, 0.717) is 13.2 Å². The average molecular weight is 185 g/mol. The van der Waals surface area contributed by atoms with Gasteiger partial charge in [-0.05, 0) is 13.3 Å². The van der Waals surface area contributed by atoms with Gasteiger partial charge in [-0.1, -0.05) is 6.92 Å². The highest BCUT2D eigenvalue weighted by molar-refractivity contribution is 5.94. The van der Waals surface area contributed by atoms with Gasteiger partial charge in [0, 0.05) is 18.7 Å². The lowest BCUT2D eigenvalue weighted by Gasteiger charge is -1.97. The SMILES string of the molecule is CCCOC(=O)/C=C\C(=O)NCC. The highest BCUT2D eigenvalue weighted by Gasteiger charge is 1.96. The molecule has 0 bridgehead atoms. The van der Waals surface area contributed by atoms with Gasteiger partial charge < -0.3 is 10.1 Å². The number of carbonyl (C=O) groups is 2. The summed E-state index contributed by atoms with van der Waals surface area (Å²) in [4.78, 5) is 21.6. The van der Waals surface area contributed by atoms with Crippen LogP contribution >= 0.6 is 0 Å². The number of hydrogen-bond donors (Lipinski definition) is 1. The van der Waals surface area contributed by atoms with Gasteiger partial charge in [-0.3, -0.25) is 4.79 Å². The Morgan fingerprint density at radius 2 is 2.00 bits per heavy atom. The molecule has 0 heterocycles. The molecule has 0 unspecified atom stereocenters. The molecule has 4 heteroatoms. The van der Waals surface area contributed by atoms with E-state index in [1.165, 1.54) is 6.08 Å². The van der Waals surface area contributed by atoms with Gasteiger partial charge in [0.1, 0.15) is 0 Å². The van der Waals surface area contributed by atoms with Crippen LogP contribution in [0.4, 0.5) is 0 Å². The Bertz CT molecular complexity index is 199. The Hall–Kier alpha value is -1.32. The number of esters is 1. The molecule has 4 nitrogen and oxygen atoms in total. The van der Waals surface area contributed by atoms with E-state index >= 15 is 0 Å². The van der Waals surface area contributed by atoms with E-state index in [0.717, 1.165) is 12.5 Å². The zero-order valence-corrected chi connectivity index (χ0v) is 8.00. The van der Waals surface area contributed by atoms with Gasteiger partial charge in [-0.25, -0.2) is 4.79 Å². The summed E-state index contributed by atoms with van der Waals surface area (Å²) in [5.74, 6) is -0.760. The van der Waals surface area contributed by atoms with Crippen LogP contribution in [0.25, 0.3) is 0 Å². The van der Waals surface area contributed by atoms with Crippen LogP contribution in [0, 0.1) is 0 Å². The van der Waals surface area contributed by atoms with Gasteiger partial charge in [0.25, 0.3) is 0 Å². The summed E-state index contributed by atoms with van der Waals surface area (Å²) in [7, 11) is 0. The zero-order chi connectivity index (χ0) is 10.1. The largest absolute Gasteiger partial charge is 0.463 e. The number of amides is 1. The first-order valence-corrected chi connectivity index (χ1v) is 4.33. The molecular weight excluding hydrogens is 170 g/mol. The topological polar surface area (TPSA) is 55.4 Å². The predicted molar refractivity (Wildman–Crippen MR) is 49.1 cm³/mol. The Kier molecular flexibility index (Phi) is 6.59. The van der Waals surface area contributed by atoms with Crippen molar-refractivity contribution in [1.29, 1.82) is 0 Å². The molecule has 0 saturated heterocycles. The van der Waals surface area contributed by atoms with E-state index in [9.17, 15) is 9.59 Å². The van der Waals surface area contributed by atoms with Crippen molar-refractivity contribution in [3.05, 3.63) is 12.2 Å². The van der Waals surface area contributed by atoms with Crippen molar-refractivity contribution in [3.63, 3.8) is 0 Å². The molecule has 0 radical (unpaired) electrons. The molecule has 0 spiro atoms. The third-order valence-corrected chi connectivity index (χ3v) is 1.17. The van der Waals surface area contributed by atoms with E-state index in [1.54, 1.807) is 6.92 Å². The quantitative estimate of drug-likeness (QED) is 0.505. The second-order valence-corrected chi connectivity index (χ2v) is 2.40. The number of rotatable bonds is 5. The fourth-order valence-electron chi connectivity index (χ4n) is 0.628. The van der Waals surface area contributed by atoms with Crippen molar-refractivity contribution in [2.75, 3.05) is 13.2 Å².